The maximum Gasteiger partial charge on any atom is 0.0884 e. The Balaban J connectivity index is 2.44. The summed E-state index contributed by atoms with van der Waals surface area (Å²) in [5, 5.41) is 10.5. The van der Waals surface area contributed by atoms with Crippen molar-refractivity contribution in [3.8, 4) is 0 Å². The topological polar surface area (TPSA) is 19.9 Å². The molecule has 0 saturated carbocycles. The maximum absolute atomic E-state index is 10.5. The van der Waals surface area contributed by atoms with E-state index in [2.05, 4.69) is 6.08 Å². The van der Waals surface area contributed by atoms with Gasteiger partial charge in [-0.1, -0.05) is 18.6 Å². The summed E-state index contributed by atoms with van der Waals surface area (Å²) in [6, 6.07) is 0. The largest absolute Gasteiger partial charge is 0.236 e. The summed E-state index contributed by atoms with van der Waals surface area (Å²) in [6.45, 7) is 2.09. The van der Waals surface area contributed by atoms with E-state index in [4.69, 9.17) is 0 Å². The fourth-order valence-electron chi connectivity index (χ4n) is 1.42. The molecular weight excluding hydrogens is 124 g/mol. The quantitative estimate of drug-likeness (QED) is 0.524. The van der Waals surface area contributed by atoms with Crippen LogP contribution in [-0.2, 0) is 5.11 Å². The lowest BCUT2D eigenvalue weighted by Gasteiger charge is -2.16. The van der Waals surface area contributed by atoms with Gasteiger partial charge in [0.05, 0.1) is 6.61 Å². The van der Waals surface area contributed by atoms with E-state index in [9.17, 15) is 5.11 Å². The smallest absolute Gasteiger partial charge is 0.0884 e. The van der Waals surface area contributed by atoms with Crippen molar-refractivity contribution in [1.29, 1.82) is 0 Å². The zero-order valence-electron chi connectivity index (χ0n) is 6.60. The van der Waals surface area contributed by atoms with Gasteiger partial charge < -0.3 is 0 Å². The van der Waals surface area contributed by atoms with E-state index in [1.807, 2.05) is 6.92 Å². The summed E-state index contributed by atoms with van der Waals surface area (Å²) in [5.74, 6) is 0.292. The SMILES string of the molecule is CC(C[O])C1=CCCCC1. The Morgan fingerprint density at radius 2 is 2.40 bits per heavy atom. The Hall–Kier alpha value is -0.300. The van der Waals surface area contributed by atoms with Gasteiger partial charge in [0.2, 0.25) is 0 Å². The second-order valence-corrected chi connectivity index (χ2v) is 3.09. The summed E-state index contributed by atoms with van der Waals surface area (Å²) in [6.07, 6.45) is 7.22. The first-order valence-corrected chi connectivity index (χ1v) is 4.11. The van der Waals surface area contributed by atoms with Gasteiger partial charge in [-0.2, -0.15) is 0 Å². The van der Waals surface area contributed by atoms with Gasteiger partial charge in [-0.25, -0.2) is 5.11 Å². The normalized spacial score (nSPS) is 22.0. The van der Waals surface area contributed by atoms with E-state index < -0.39 is 0 Å². The third kappa shape index (κ3) is 1.84. The molecule has 0 fully saturated rings. The van der Waals surface area contributed by atoms with Crippen molar-refractivity contribution < 1.29 is 5.11 Å². The first-order valence-electron chi connectivity index (χ1n) is 4.11. The Morgan fingerprint density at radius 3 is 2.90 bits per heavy atom. The molecule has 1 atom stereocenters. The predicted molar refractivity (Wildman–Crippen MR) is 41.3 cm³/mol. The maximum atomic E-state index is 10.5. The van der Waals surface area contributed by atoms with Crippen molar-refractivity contribution in [3.05, 3.63) is 11.6 Å². The number of rotatable bonds is 2. The van der Waals surface area contributed by atoms with Crippen molar-refractivity contribution >= 4 is 0 Å². The lowest BCUT2D eigenvalue weighted by atomic mass is 9.91. The number of allylic oxidation sites excluding steroid dienone is 1. The molecule has 1 aliphatic rings. The van der Waals surface area contributed by atoms with Crippen LogP contribution < -0.4 is 0 Å². The summed E-state index contributed by atoms with van der Waals surface area (Å²) in [4.78, 5) is 0. The lowest BCUT2D eigenvalue weighted by Crippen LogP contribution is -2.06. The van der Waals surface area contributed by atoms with Gasteiger partial charge in [-0.05, 0) is 25.7 Å². The first kappa shape index (κ1) is 7.80. The van der Waals surface area contributed by atoms with E-state index in [1.165, 1.54) is 31.3 Å². The summed E-state index contributed by atoms with van der Waals surface area (Å²) in [7, 11) is 0. The molecule has 1 heteroatoms. The zero-order valence-corrected chi connectivity index (χ0v) is 6.60. The Morgan fingerprint density at radius 1 is 1.60 bits per heavy atom. The van der Waals surface area contributed by atoms with Gasteiger partial charge in [0.25, 0.3) is 0 Å². The molecule has 0 saturated heterocycles. The molecule has 0 aliphatic heterocycles. The highest BCUT2D eigenvalue weighted by Crippen LogP contribution is 2.23. The molecule has 1 unspecified atom stereocenters. The van der Waals surface area contributed by atoms with Gasteiger partial charge in [0, 0.05) is 5.92 Å². The second kappa shape index (κ2) is 3.77. The third-order valence-corrected chi connectivity index (χ3v) is 2.21. The molecule has 0 aromatic carbocycles. The van der Waals surface area contributed by atoms with Crippen LogP contribution in [0.2, 0.25) is 0 Å². The molecule has 1 aliphatic carbocycles. The predicted octanol–water partition coefficient (Wildman–Crippen LogP) is 2.55. The zero-order chi connectivity index (χ0) is 7.40. The summed E-state index contributed by atoms with van der Waals surface area (Å²) in [5.41, 5.74) is 1.40. The molecular formula is C9H15O. The highest BCUT2D eigenvalue weighted by atomic mass is 16.3. The van der Waals surface area contributed by atoms with E-state index >= 15 is 0 Å². The number of hydrogen-bond donors (Lipinski definition) is 0. The minimum Gasteiger partial charge on any atom is -0.236 e. The molecule has 1 rings (SSSR count). The van der Waals surface area contributed by atoms with E-state index in [1.54, 1.807) is 0 Å². The van der Waals surface area contributed by atoms with Gasteiger partial charge in [0.1, 0.15) is 0 Å². The third-order valence-electron chi connectivity index (χ3n) is 2.21. The van der Waals surface area contributed by atoms with Crippen molar-refractivity contribution in [2.75, 3.05) is 6.61 Å². The monoisotopic (exact) mass is 139 g/mol. The molecule has 0 spiro atoms. The highest BCUT2D eigenvalue weighted by molar-refractivity contribution is 5.08. The van der Waals surface area contributed by atoms with Crippen LogP contribution in [0.15, 0.2) is 11.6 Å². The Kier molecular flexibility index (Phi) is 2.94. The highest BCUT2D eigenvalue weighted by Gasteiger charge is 2.10. The molecule has 57 valence electrons. The van der Waals surface area contributed by atoms with Gasteiger partial charge in [0.15, 0.2) is 0 Å². The molecule has 0 aromatic rings. The van der Waals surface area contributed by atoms with Crippen molar-refractivity contribution in [2.24, 2.45) is 5.92 Å². The fourth-order valence-corrected chi connectivity index (χ4v) is 1.42. The average Bonchev–Trinajstić information content (AvgIpc) is 2.05. The lowest BCUT2D eigenvalue weighted by molar-refractivity contribution is 0.162. The molecule has 0 bridgehead atoms. The van der Waals surface area contributed by atoms with Gasteiger partial charge in [-0.3, -0.25) is 0 Å². The number of hydrogen-bond acceptors (Lipinski definition) is 0. The van der Waals surface area contributed by atoms with Crippen LogP contribution in [0.5, 0.6) is 0 Å². The summed E-state index contributed by atoms with van der Waals surface area (Å²) >= 11 is 0. The molecule has 1 nitrogen and oxygen atoms in total. The van der Waals surface area contributed by atoms with Crippen molar-refractivity contribution in [3.63, 3.8) is 0 Å². The second-order valence-electron chi connectivity index (χ2n) is 3.09. The minimum absolute atomic E-state index is 0.0613. The average molecular weight is 139 g/mol. The van der Waals surface area contributed by atoms with Crippen LogP contribution in [0.3, 0.4) is 0 Å². The Labute approximate surface area is 62.8 Å². The molecule has 10 heavy (non-hydrogen) atoms. The van der Waals surface area contributed by atoms with E-state index in [0.717, 1.165) is 0 Å². The Bertz CT molecular complexity index is 127. The molecule has 0 N–H and O–H groups in total. The summed E-state index contributed by atoms with van der Waals surface area (Å²) < 4.78 is 0. The van der Waals surface area contributed by atoms with Crippen molar-refractivity contribution in [2.45, 2.75) is 32.6 Å². The van der Waals surface area contributed by atoms with Crippen LogP contribution in [0, 0.1) is 5.92 Å². The van der Waals surface area contributed by atoms with E-state index in [-0.39, 0.29) is 6.61 Å². The van der Waals surface area contributed by atoms with Crippen LogP contribution in [0.4, 0.5) is 0 Å². The fraction of sp³-hybridized carbons (Fsp3) is 0.778. The van der Waals surface area contributed by atoms with Gasteiger partial charge in [-0.15, -0.1) is 0 Å². The van der Waals surface area contributed by atoms with Crippen molar-refractivity contribution in [1.82, 2.24) is 0 Å². The molecule has 1 radical (unpaired) electrons. The van der Waals surface area contributed by atoms with E-state index in [0.29, 0.717) is 5.92 Å². The minimum atomic E-state index is 0.0613. The van der Waals surface area contributed by atoms with Crippen LogP contribution in [-0.4, -0.2) is 6.61 Å². The molecule has 0 amide bonds. The van der Waals surface area contributed by atoms with Gasteiger partial charge >= 0.3 is 0 Å². The standard InChI is InChI=1S/C9H15O/c1-8(7-10)9-5-3-2-4-6-9/h5,8H,2-4,6-7H2,1H3. The molecule has 0 aromatic heterocycles. The van der Waals surface area contributed by atoms with Crippen LogP contribution in [0.1, 0.15) is 32.6 Å². The molecule has 0 heterocycles. The first-order chi connectivity index (χ1) is 4.84. The van der Waals surface area contributed by atoms with Crippen LogP contribution >= 0.6 is 0 Å². The van der Waals surface area contributed by atoms with Crippen LogP contribution in [0.25, 0.3) is 0 Å².